The number of esters is 2. The molecule has 8 nitrogen and oxygen atoms in total. The van der Waals surface area contributed by atoms with E-state index in [1.165, 1.54) is 12.5 Å². The third kappa shape index (κ3) is 13.8. The zero-order valence-corrected chi connectivity index (χ0v) is 26.9. The van der Waals surface area contributed by atoms with Crippen molar-refractivity contribution in [2.75, 3.05) is 13.2 Å². The van der Waals surface area contributed by atoms with Crippen molar-refractivity contribution in [1.82, 2.24) is 0 Å². The molecule has 0 aromatic carbocycles. The van der Waals surface area contributed by atoms with E-state index in [-0.39, 0.29) is 41.6 Å². The monoisotopic (exact) mass is 564 g/mol. The van der Waals surface area contributed by atoms with E-state index in [4.69, 9.17) is 20.9 Å². The molecule has 0 heterocycles. The van der Waals surface area contributed by atoms with Crippen LogP contribution in [0, 0.1) is 22.7 Å². The molecular weight excluding hydrogens is 508 g/mol. The minimum absolute atomic E-state index is 0.0561. The van der Waals surface area contributed by atoms with Crippen LogP contribution in [-0.2, 0) is 23.9 Å². The molecule has 0 saturated heterocycles. The lowest BCUT2D eigenvalue weighted by Gasteiger charge is -2.42. The van der Waals surface area contributed by atoms with Gasteiger partial charge < -0.3 is 26.0 Å². The number of carboxylic acid groups (broad SMARTS) is 1. The Morgan fingerprint density at radius 1 is 0.850 bits per heavy atom. The number of aliphatic carboxylic acids is 1. The van der Waals surface area contributed by atoms with E-state index in [9.17, 15) is 19.5 Å². The molecule has 0 amide bonds. The molecule has 8 heteroatoms. The number of carbonyl (C=O) groups excluding carboxylic acids is 2. The summed E-state index contributed by atoms with van der Waals surface area (Å²) in [6, 6.07) is 0. The standard InChI is InChI=1S/C32H56N2O6/c1-21(2)28(38)40-16-15-39-26(35)18-24(27(36)37)25(32(11,12)34)17-23(4)19-30(7,8)29(5,6)14-13-22(3)20-31(9,10)33/h13,17,24-25H,1,14-16,18-20,33-34H2,2-12H3,(H,36,37). The number of rotatable bonds is 17. The molecule has 2 unspecified atom stereocenters. The molecule has 0 rings (SSSR count). The van der Waals surface area contributed by atoms with Gasteiger partial charge in [-0.05, 0) is 78.6 Å². The molecule has 230 valence electrons. The molecule has 5 N–H and O–H groups in total. The van der Waals surface area contributed by atoms with Crippen molar-refractivity contribution in [3.05, 3.63) is 35.5 Å². The van der Waals surface area contributed by atoms with Crippen LogP contribution in [0.4, 0.5) is 0 Å². The summed E-state index contributed by atoms with van der Waals surface area (Å²) in [4.78, 5) is 36.3. The van der Waals surface area contributed by atoms with E-state index >= 15 is 0 Å². The number of nitrogens with two attached hydrogens (primary N) is 2. The van der Waals surface area contributed by atoms with E-state index in [0.29, 0.717) is 0 Å². The van der Waals surface area contributed by atoms with Crippen LogP contribution in [-0.4, -0.2) is 47.3 Å². The van der Waals surface area contributed by atoms with Crippen LogP contribution in [0.2, 0.25) is 0 Å². The smallest absolute Gasteiger partial charge is 0.333 e. The lowest BCUT2D eigenvalue weighted by Crippen LogP contribution is -2.46. The molecule has 0 aromatic heterocycles. The molecule has 0 bridgehead atoms. The van der Waals surface area contributed by atoms with Gasteiger partial charge in [0.25, 0.3) is 0 Å². The van der Waals surface area contributed by atoms with Crippen LogP contribution in [0.15, 0.2) is 35.5 Å². The van der Waals surface area contributed by atoms with Gasteiger partial charge in [-0.3, -0.25) is 9.59 Å². The van der Waals surface area contributed by atoms with Crippen LogP contribution < -0.4 is 11.5 Å². The Morgan fingerprint density at radius 2 is 1.38 bits per heavy atom. The Morgan fingerprint density at radius 3 is 1.82 bits per heavy atom. The molecule has 0 spiro atoms. The van der Waals surface area contributed by atoms with Crippen LogP contribution in [0.1, 0.15) is 102 Å². The molecule has 0 aliphatic rings. The molecule has 0 aromatic rings. The Kier molecular flexibility index (Phi) is 14.1. The van der Waals surface area contributed by atoms with E-state index in [0.717, 1.165) is 24.8 Å². The van der Waals surface area contributed by atoms with Gasteiger partial charge in [0, 0.05) is 22.6 Å². The molecule has 0 radical (unpaired) electrons. The summed E-state index contributed by atoms with van der Waals surface area (Å²) in [5.41, 5.74) is 13.8. The van der Waals surface area contributed by atoms with Crippen molar-refractivity contribution in [2.45, 2.75) is 113 Å². The van der Waals surface area contributed by atoms with Gasteiger partial charge in [-0.15, -0.1) is 0 Å². The average molecular weight is 565 g/mol. The predicted molar refractivity (Wildman–Crippen MR) is 161 cm³/mol. The fourth-order valence-electron chi connectivity index (χ4n) is 4.67. The Balaban J connectivity index is 5.69. The molecule has 0 saturated carbocycles. The maximum Gasteiger partial charge on any atom is 0.333 e. The summed E-state index contributed by atoms with van der Waals surface area (Å²) in [6.45, 7) is 25.3. The number of allylic oxidation sites excluding steroid dienone is 2. The zero-order valence-electron chi connectivity index (χ0n) is 26.9. The Labute approximate surface area is 242 Å². The fraction of sp³-hybridized carbons (Fsp3) is 0.719. The highest BCUT2D eigenvalue weighted by Gasteiger charge is 2.39. The van der Waals surface area contributed by atoms with Crippen molar-refractivity contribution in [3.8, 4) is 0 Å². The number of carboxylic acids is 1. The second-order valence-electron chi connectivity index (χ2n) is 14.0. The van der Waals surface area contributed by atoms with Gasteiger partial charge in [0.15, 0.2) is 0 Å². The minimum atomic E-state index is -1.12. The molecule has 40 heavy (non-hydrogen) atoms. The number of hydrogen-bond donors (Lipinski definition) is 3. The Bertz CT molecular complexity index is 961. The summed E-state index contributed by atoms with van der Waals surface area (Å²) in [5.74, 6) is -4.10. The SMILES string of the molecule is C=C(C)C(=O)OCCOC(=O)CC(C(=O)O)C(C=C(C)CC(C)(C)C(C)(C)CC=C(C)CC(C)(C)N)C(C)(C)N. The fourth-order valence-corrected chi connectivity index (χ4v) is 4.67. The van der Waals surface area contributed by atoms with Gasteiger partial charge >= 0.3 is 17.9 Å². The van der Waals surface area contributed by atoms with Gasteiger partial charge in [-0.2, -0.15) is 0 Å². The van der Waals surface area contributed by atoms with E-state index in [1.807, 2.05) is 26.8 Å². The highest BCUT2D eigenvalue weighted by molar-refractivity contribution is 5.86. The van der Waals surface area contributed by atoms with Crippen LogP contribution in [0.5, 0.6) is 0 Å². The molecule has 0 fully saturated rings. The van der Waals surface area contributed by atoms with Crippen molar-refractivity contribution in [3.63, 3.8) is 0 Å². The predicted octanol–water partition coefficient (Wildman–Crippen LogP) is 5.95. The normalized spacial score (nSPS) is 15.3. The molecule has 2 atom stereocenters. The highest BCUT2D eigenvalue weighted by Crippen LogP contribution is 2.46. The molecule has 0 aliphatic heterocycles. The summed E-state index contributed by atoms with van der Waals surface area (Å²) < 4.78 is 10.1. The summed E-state index contributed by atoms with van der Waals surface area (Å²) in [6.07, 6.45) is 6.27. The van der Waals surface area contributed by atoms with Gasteiger partial charge in [0.2, 0.25) is 0 Å². The van der Waals surface area contributed by atoms with Gasteiger partial charge in [-0.25, -0.2) is 4.79 Å². The quantitative estimate of drug-likeness (QED) is 0.0852. The average Bonchev–Trinajstić information content (AvgIpc) is 2.74. The van der Waals surface area contributed by atoms with Gasteiger partial charge in [-0.1, -0.05) is 57.6 Å². The van der Waals surface area contributed by atoms with E-state index in [2.05, 4.69) is 47.3 Å². The minimum Gasteiger partial charge on any atom is -0.481 e. The first-order valence-electron chi connectivity index (χ1n) is 14.0. The van der Waals surface area contributed by atoms with Crippen molar-refractivity contribution in [1.29, 1.82) is 0 Å². The van der Waals surface area contributed by atoms with Crippen molar-refractivity contribution < 1.29 is 29.0 Å². The lowest BCUT2D eigenvalue weighted by molar-refractivity contribution is -0.155. The van der Waals surface area contributed by atoms with Crippen molar-refractivity contribution in [2.24, 2.45) is 34.1 Å². The summed E-state index contributed by atoms with van der Waals surface area (Å²) in [7, 11) is 0. The summed E-state index contributed by atoms with van der Waals surface area (Å²) in [5, 5.41) is 10.1. The van der Waals surface area contributed by atoms with Crippen molar-refractivity contribution >= 4 is 17.9 Å². The van der Waals surface area contributed by atoms with E-state index < -0.39 is 35.3 Å². The topological polar surface area (TPSA) is 142 Å². The van der Waals surface area contributed by atoms with E-state index in [1.54, 1.807) is 13.8 Å². The van der Waals surface area contributed by atoms with Crippen LogP contribution in [0.3, 0.4) is 0 Å². The zero-order chi connectivity index (χ0) is 31.7. The number of hydrogen-bond acceptors (Lipinski definition) is 7. The van der Waals surface area contributed by atoms with Crippen LogP contribution in [0.25, 0.3) is 0 Å². The van der Waals surface area contributed by atoms with Gasteiger partial charge in [0.1, 0.15) is 13.2 Å². The first-order valence-corrected chi connectivity index (χ1v) is 14.0. The largest absolute Gasteiger partial charge is 0.481 e. The van der Waals surface area contributed by atoms with Crippen LogP contribution >= 0.6 is 0 Å². The third-order valence-corrected chi connectivity index (χ3v) is 7.64. The Hall–Kier alpha value is -2.45. The maximum absolute atomic E-state index is 12.5. The van der Waals surface area contributed by atoms with Gasteiger partial charge in [0.05, 0.1) is 12.3 Å². The lowest BCUT2D eigenvalue weighted by atomic mass is 9.63. The third-order valence-electron chi connectivity index (χ3n) is 7.64. The first-order chi connectivity index (χ1) is 17.9. The number of ether oxygens (including phenoxy) is 2. The first kappa shape index (κ1) is 37.6. The summed E-state index contributed by atoms with van der Waals surface area (Å²) >= 11 is 0. The molecular formula is C32H56N2O6. The second kappa shape index (κ2) is 15.0. The highest BCUT2D eigenvalue weighted by atomic mass is 16.6. The molecule has 0 aliphatic carbocycles. The second-order valence-corrected chi connectivity index (χ2v) is 14.0. The maximum atomic E-state index is 12.5. The number of carbonyl (C=O) groups is 3.